The van der Waals surface area contributed by atoms with E-state index in [-0.39, 0.29) is 18.4 Å². The van der Waals surface area contributed by atoms with Crippen LogP contribution in [0.5, 0.6) is 0 Å². The quantitative estimate of drug-likeness (QED) is 0.890. The fourth-order valence-corrected chi connectivity index (χ4v) is 3.02. The van der Waals surface area contributed by atoms with E-state index < -0.39 is 11.6 Å². The molecule has 1 aliphatic heterocycles. The third-order valence-electron chi connectivity index (χ3n) is 4.07. The Morgan fingerprint density at radius 1 is 1.05 bits per heavy atom. The fraction of sp³-hybridized carbons (Fsp3) is 0.333. The van der Waals surface area contributed by atoms with Crippen molar-refractivity contribution in [3.8, 4) is 0 Å². The molecule has 2 aromatic rings. The predicted octanol–water partition coefficient (Wildman–Crippen LogP) is 2.36. The number of fused-ring (bicyclic) bond motifs is 2. The standard InChI is InChI=1S/C15H14F2N4.ClH/c16-12-3-8-1-11(2-9(8)4-13(12)17)20-15-19-6-10-5-18-7-14(10)21-15;/h3-4,6,11,18H,1-2,5,7H2,(H,19,20,21);1H. The van der Waals surface area contributed by atoms with Gasteiger partial charge < -0.3 is 10.6 Å². The second-order valence-corrected chi connectivity index (χ2v) is 5.55. The monoisotopic (exact) mass is 324 g/mol. The number of nitrogens with zero attached hydrogens (tertiary/aromatic N) is 2. The summed E-state index contributed by atoms with van der Waals surface area (Å²) in [6, 6.07) is 2.66. The summed E-state index contributed by atoms with van der Waals surface area (Å²) in [5.41, 5.74) is 3.85. The molecule has 0 unspecified atom stereocenters. The summed E-state index contributed by atoms with van der Waals surface area (Å²) in [7, 11) is 0. The maximum absolute atomic E-state index is 13.3. The van der Waals surface area contributed by atoms with E-state index in [0.717, 1.165) is 35.5 Å². The Hall–Kier alpha value is -1.79. The van der Waals surface area contributed by atoms with Crippen molar-refractivity contribution in [1.29, 1.82) is 0 Å². The molecular formula is C15H15ClF2N4. The third-order valence-corrected chi connectivity index (χ3v) is 4.07. The highest BCUT2D eigenvalue weighted by Gasteiger charge is 2.24. The van der Waals surface area contributed by atoms with E-state index in [4.69, 9.17) is 0 Å². The van der Waals surface area contributed by atoms with Crippen molar-refractivity contribution in [2.45, 2.75) is 32.0 Å². The third kappa shape index (κ3) is 2.64. The Bertz CT molecular complexity index is 692. The van der Waals surface area contributed by atoms with Crippen LogP contribution in [-0.2, 0) is 25.9 Å². The van der Waals surface area contributed by atoms with Gasteiger partial charge in [-0.3, -0.25) is 0 Å². The maximum atomic E-state index is 13.3. The molecule has 4 rings (SSSR count). The van der Waals surface area contributed by atoms with Crippen molar-refractivity contribution in [2.24, 2.45) is 0 Å². The van der Waals surface area contributed by atoms with Crippen LogP contribution >= 0.6 is 12.4 Å². The number of anilines is 1. The van der Waals surface area contributed by atoms with Gasteiger partial charge in [-0.2, -0.15) is 0 Å². The zero-order valence-corrected chi connectivity index (χ0v) is 12.5. The molecule has 1 aliphatic carbocycles. The Kier molecular flexibility index (Phi) is 3.97. The van der Waals surface area contributed by atoms with Crippen LogP contribution in [0, 0.1) is 11.6 Å². The van der Waals surface area contributed by atoms with E-state index in [2.05, 4.69) is 20.6 Å². The van der Waals surface area contributed by atoms with Gasteiger partial charge >= 0.3 is 0 Å². The normalized spacial score (nSPS) is 16.1. The highest BCUT2D eigenvalue weighted by molar-refractivity contribution is 5.85. The van der Waals surface area contributed by atoms with Gasteiger partial charge in [0.1, 0.15) is 0 Å². The van der Waals surface area contributed by atoms with Crippen LogP contribution in [0.1, 0.15) is 22.4 Å². The minimum Gasteiger partial charge on any atom is -0.351 e. The Balaban J connectivity index is 0.00000144. The maximum Gasteiger partial charge on any atom is 0.223 e. The molecule has 2 heterocycles. The van der Waals surface area contributed by atoms with Gasteiger partial charge in [0.25, 0.3) is 0 Å². The van der Waals surface area contributed by atoms with Crippen molar-refractivity contribution in [3.05, 3.63) is 52.3 Å². The van der Waals surface area contributed by atoms with Gasteiger partial charge in [-0.05, 0) is 36.1 Å². The molecule has 1 aromatic carbocycles. The average molecular weight is 325 g/mol. The van der Waals surface area contributed by atoms with Crippen molar-refractivity contribution < 1.29 is 8.78 Å². The van der Waals surface area contributed by atoms with Gasteiger partial charge in [0.2, 0.25) is 5.95 Å². The molecule has 0 fully saturated rings. The van der Waals surface area contributed by atoms with Crippen molar-refractivity contribution in [3.63, 3.8) is 0 Å². The van der Waals surface area contributed by atoms with Crippen molar-refractivity contribution >= 4 is 18.4 Å². The summed E-state index contributed by atoms with van der Waals surface area (Å²) in [5, 5.41) is 6.48. The van der Waals surface area contributed by atoms with Crippen LogP contribution in [0.3, 0.4) is 0 Å². The lowest BCUT2D eigenvalue weighted by atomic mass is 10.1. The van der Waals surface area contributed by atoms with E-state index in [0.29, 0.717) is 18.8 Å². The molecule has 0 atom stereocenters. The molecule has 2 N–H and O–H groups in total. The lowest BCUT2D eigenvalue weighted by Gasteiger charge is -2.12. The average Bonchev–Trinajstić information content (AvgIpc) is 3.05. The highest BCUT2D eigenvalue weighted by Crippen LogP contribution is 2.26. The van der Waals surface area contributed by atoms with Crippen LogP contribution in [-0.4, -0.2) is 16.0 Å². The smallest absolute Gasteiger partial charge is 0.223 e. The number of aromatic nitrogens is 2. The summed E-state index contributed by atoms with van der Waals surface area (Å²) < 4.78 is 26.5. The minimum atomic E-state index is -0.783. The van der Waals surface area contributed by atoms with E-state index in [1.807, 2.05) is 6.20 Å². The van der Waals surface area contributed by atoms with Crippen LogP contribution in [0.2, 0.25) is 0 Å². The number of benzene rings is 1. The highest BCUT2D eigenvalue weighted by atomic mass is 35.5. The lowest BCUT2D eigenvalue weighted by molar-refractivity contribution is 0.507. The fourth-order valence-electron chi connectivity index (χ4n) is 3.02. The predicted molar refractivity (Wildman–Crippen MR) is 81.0 cm³/mol. The molecule has 0 spiro atoms. The van der Waals surface area contributed by atoms with Gasteiger partial charge in [0.05, 0.1) is 5.69 Å². The summed E-state index contributed by atoms with van der Waals surface area (Å²) in [4.78, 5) is 8.78. The first-order chi connectivity index (χ1) is 10.2. The SMILES string of the molecule is Cl.Fc1cc2c(cc1F)CC(Nc1ncc3c(n1)CNC3)C2. The van der Waals surface area contributed by atoms with Gasteiger partial charge in [-0.15, -0.1) is 12.4 Å². The first-order valence-corrected chi connectivity index (χ1v) is 6.98. The summed E-state index contributed by atoms with van der Waals surface area (Å²) >= 11 is 0. The molecule has 4 nitrogen and oxygen atoms in total. The molecule has 22 heavy (non-hydrogen) atoms. The van der Waals surface area contributed by atoms with Crippen LogP contribution in [0.25, 0.3) is 0 Å². The van der Waals surface area contributed by atoms with Crippen LogP contribution < -0.4 is 10.6 Å². The number of hydrogen-bond donors (Lipinski definition) is 2. The summed E-state index contributed by atoms with van der Waals surface area (Å²) in [6.07, 6.45) is 3.14. The zero-order valence-electron chi connectivity index (χ0n) is 11.7. The first kappa shape index (κ1) is 15.1. The van der Waals surface area contributed by atoms with E-state index >= 15 is 0 Å². The molecule has 116 valence electrons. The molecule has 7 heteroatoms. The second-order valence-electron chi connectivity index (χ2n) is 5.55. The molecule has 1 aromatic heterocycles. The van der Waals surface area contributed by atoms with Gasteiger partial charge in [0.15, 0.2) is 11.6 Å². The van der Waals surface area contributed by atoms with Crippen LogP contribution in [0.15, 0.2) is 18.3 Å². The number of halogens is 3. The summed E-state index contributed by atoms with van der Waals surface area (Å²) in [6.45, 7) is 1.57. The number of rotatable bonds is 2. The Morgan fingerprint density at radius 3 is 2.41 bits per heavy atom. The molecule has 0 radical (unpaired) electrons. The summed E-state index contributed by atoms with van der Waals surface area (Å²) in [5.74, 6) is -0.986. The van der Waals surface area contributed by atoms with Gasteiger partial charge in [0, 0.05) is 30.9 Å². The number of hydrogen-bond acceptors (Lipinski definition) is 4. The van der Waals surface area contributed by atoms with Crippen LogP contribution in [0.4, 0.5) is 14.7 Å². The lowest BCUT2D eigenvalue weighted by Crippen LogP contribution is -2.21. The second kappa shape index (κ2) is 5.78. The molecular weight excluding hydrogens is 310 g/mol. The largest absolute Gasteiger partial charge is 0.351 e. The molecule has 2 aliphatic rings. The van der Waals surface area contributed by atoms with Crippen molar-refractivity contribution in [1.82, 2.24) is 15.3 Å². The molecule has 0 bridgehead atoms. The first-order valence-electron chi connectivity index (χ1n) is 6.98. The van der Waals surface area contributed by atoms with E-state index in [1.54, 1.807) is 0 Å². The van der Waals surface area contributed by atoms with E-state index in [1.165, 1.54) is 12.1 Å². The zero-order chi connectivity index (χ0) is 14.4. The Morgan fingerprint density at radius 2 is 1.73 bits per heavy atom. The minimum absolute atomic E-state index is 0. The van der Waals surface area contributed by atoms with Gasteiger partial charge in [-0.25, -0.2) is 18.7 Å². The number of nitrogens with one attached hydrogen (secondary N) is 2. The molecule has 0 saturated heterocycles. The van der Waals surface area contributed by atoms with E-state index in [9.17, 15) is 8.78 Å². The Labute approximate surface area is 132 Å². The van der Waals surface area contributed by atoms with Crippen molar-refractivity contribution in [2.75, 3.05) is 5.32 Å². The molecule has 0 amide bonds. The molecule has 0 saturated carbocycles. The van der Waals surface area contributed by atoms with Gasteiger partial charge in [-0.1, -0.05) is 0 Å². The topological polar surface area (TPSA) is 49.8 Å².